The fraction of sp³-hybridized carbons (Fsp3) is 0.355. The predicted octanol–water partition coefficient (Wildman–Crippen LogP) is 7.35. The van der Waals surface area contributed by atoms with E-state index >= 15 is 0 Å². The largest absolute Gasteiger partial charge is 0.508 e. The van der Waals surface area contributed by atoms with E-state index in [0.717, 1.165) is 12.0 Å². The molecule has 3 unspecified atom stereocenters. The summed E-state index contributed by atoms with van der Waals surface area (Å²) < 4.78 is 11.5. The normalized spacial score (nSPS) is 20.2. The molecule has 6 nitrogen and oxygen atoms in total. The van der Waals surface area contributed by atoms with Gasteiger partial charge >= 0.3 is 0 Å². The number of benzene rings is 2. The Hall–Kier alpha value is -3.80. The van der Waals surface area contributed by atoms with Gasteiger partial charge in [-0.1, -0.05) is 46.8 Å². The molecule has 4 aromatic rings. The number of phenolic OH excluding ortho intramolecular Hbond substituents is 4. The van der Waals surface area contributed by atoms with E-state index in [9.17, 15) is 20.4 Å². The molecular weight excluding hydrogens is 468 g/mol. The van der Waals surface area contributed by atoms with Crippen molar-refractivity contribution in [2.45, 2.75) is 58.3 Å². The molecule has 3 atom stereocenters. The van der Waals surface area contributed by atoms with E-state index in [-0.39, 0.29) is 45.3 Å². The number of hydrogen-bond donors (Lipinski definition) is 4. The van der Waals surface area contributed by atoms with Crippen LogP contribution in [0.25, 0.3) is 0 Å². The third kappa shape index (κ3) is 3.86. The number of furan rings is 2. The summed E-state index contributed by atoms with van der Waals surface area (Å²) in [5.74, 6) is -0.542. The van der Waals surface area contributed by atoms with Crippen LogP contribution in [-0.4, -0.2) is 20.4 Å². The minimum Gasteiger partial charge on any atom is -0.508 e. The van der Waals surface area contributed by atoms with Crippen LogP contribution in [0.2, 0.25) is 0 Å². The molecule has 6 heteroatoms. The minimum atomic E-state index is -0.829. The van der Waals surface area contributed by atoms with E-state index in [1.54, 1.807) is 42.7 Å². The Bertz CT molecular complexity index is 1410. The van der Waals surface area contributed by atoms with Gasteiger partial charge in [-0.15, -0.1) is 0 Å². The van der Waals surface area contributed by atoms with E-state index in [4.69, 9.17) is 8.83 Å². The quantitative estimate of drug-likeness (QED) is 0.210. The Kier molecular flexibility index (Phi) is 5.81. The van der Waals surface area contributed by atoms with Crippen molar-refractivity contribution in [1.29, 1.82) is 0 Å². The molecule has 37 heavy (non-hydrogen) atoms. The maximum absolute atomic E-state index is 11.7. The van der Waals surface area contributed by atoms with Crippen LogP contribution in [0.15, 0.2) is 69.9 Å². The fourth-order valence-electron chi connectivity index (χ4n) is 5.96. The predicted molar refractivity (Wildman–Crippen MR) is 140 cm³/mol. The summed E-state index contributed by atoms with van der Waals surface area (Å²) in [4.78, 5) is 0. The first kappa shape index (κ1) is 24.9. The lowest BCUT2D eigenvalue weighted by molar-refractivity contribution is 0.382. The van der Waals surface area contributed by atoms with Gasteiger partial charge in [-0.3, -0.25) is 0 Å². The van der Waals surface area contributed by atoms with Crippen LogP contribution in [0.4, 0.5) is 0 Å². The molecule has 5 rings (SSSR count). The lowest BCUT2D eigenvalue weighted by Gasteiger charge is -2.27. The minimum absolute atomic E-state index is 0.000270. The maximum Gasteiger partial charge on any atom is 0.127 e. The molecule has 1 aliphatic rings. The number of aromatic hydroxyl groups is 4. The smallest absolute Gasteiger partial charge is 0.127 e. The second-order valence-corrected chi connectivity index (χ2v) is 11.4. The number of rotatable bonds is 7. The highest BCUT2D eigenvalue weighted by Gasteiger charge is 2.59. The summed E-state index contributed by atoms with van der Waals surface area (Å²) in [6.07, 6.45) is 3.98. The molecule has 1 fully saturated rings. The number of hydrogen-bond acceptors (Lipinski definition) is 6. The molecule has 0 bridgehead atoms. The van der Waals surface area contributed by atoms with Gasteiger partial charge in [-0.2, -0.15) is 0 Å². The Labute approximate surface area is 216 Å². The summed E-state index contributed by atoms with van der Waals surface area (Å²) >= 11 is 0. The summed E-state index contributed by atoms with van der Waals surface area (Å²) in [7, 11) is 0. The highest BCUT2D eigenvalue weighted by Crippen LogP contribution is 2.66. The Morgan fingerprint density at radius 3 is 1.84 bits per heavy atom. The Morgan fingerprint density at radius 1 is 0.730 bits per heavy atom. The molecule has 2 heterocycles. The average Bonchev–Trinajstić information content (AvgIpc) is 3.34. The molecule has 2 aromatic heterocycles. The summed E-state index contributed by atoms with van der Waals surface area (Å²) in [6, 6.07) is 13.6. The molecule has 0 radical (unpaired) electrons. The van der Waals surface area contributed by atoms with Gasteiger partial charge in [-0.05, 0) is 54.2 Å². The molecule has 0 spiro atoms. The van der Waals surface area contributed by atoms with Crippen molar-refractivity contribution in [3.05, 3.63) is 94.8 Å². The van der Waals surface area contributed by atoms with Crippen LogP contribution >= 0.6 is 0 Å². The van der Waals surface area contributed by atoms with Crippen LogP contribution in [0, 0.1) is 11.3 Å². The zero-order valence-electron chi connectivity index (χ0n) is 21.8. The summed E-state index contributed by atoms with van der Waals surface area (Å²) in [5, 5.41) is 45.3. The van der Waals surface area contributed by atoms with Gasteiger partial charge in [0, 0.05) is 22.1 Å². The van der Waals surface area contributed by atoms with Gasteiger partial charge in [0.25, 0.3) is 0 Å². The SMILES string of the molecule is CC(C)C(c1ccco1)c1c(O)ccc(C(c2ccco2)c2c(O)ccc(C3(C)CC3(C)C)c2O)c1O. The van der Waals surface area contributed by atoms with Crippen LogP contribution in [0.5, 0.6) is 23.0 Å². The first-order valence-corrected chi connectivity index (χ1v) is 12.6. The molecule has 0 saturated heterocycles. The van der Waals surface area contributed by atoms with Gasteiger partial charge < -0.3 is 29.3 Å². The van der Waals surface area contributed by atoms with Crippen molar-refractivity contribution < 1.29 is 29.3 Å². The molecule has 1 aliphatic carbocycles. The third-order valence-corrected chi connectivity index (χ3v) is 8.43. The standard InChI is InChI=1S/C31H34O6/c1-17(2)24(22-8-6-14-36-22)26-20(32)12-10-18(28(26)34)25(23-9-7-15-37-23)27-21(33)13-11-19(29(27)35)31(5)16-30(31,3)4/h6-15,17,24-25,32-35H,16H2,1-5H3. The highest BCUT2D eigenvalue weighted by molar-refractivity contribution is 5.63. The van der Waals surface area contributed by atoms with Crippen LogP contribution in [0.1, 0.15) is 86.6 Å². The molecule has 194 valence electrons. The van der Waals surface area contributed by atoms with Crippen molar-refractivity contribution in [2.75, 3.05) is 0 Å². The third-order valence-electron chi connectivity index (χ3n) is 8.43. The highest BCUT2D eigenvalue weighted by atomic mass is 16.3. The molecular formula is C31H34O6. The van der Waals surface area contributed by atoms with Crippen LogP contribution in [-0.2, 0) is 5.41 Å². The Balaban J connectivity index is 1.75. The van der Waals surface area contributed by atoms with Crippen molar-refractivity contribution >= 4 is 0 Å². The Morgan fingerprint density at radius 2 is 1.30 bits per heavy atom. The second-order valence-electron chi connectivity index (χ2n) is 11.4. The monoisotopic (exact) mass is 502 g/mol. The first-order chi connectivity index (χ1) is 17.5. The van der Waals surface area contributed by atoms with Crippen molar-refractivity contribution in [2.24, 2.45) is 11.3 Å². The molecule has 2 aromatic carbocycles. The number of phenols is 4. The van der Waals surface area contributed by atoms with Crippen molar-refractivity contribution in [3.63, 3.8) is 0 Å². The zero-order chi connectivity index (χ0) is 26.7. The van der Waals surface area contributed by atoms with Gasteiger partial charge in [-0.25, -0.2) is 0 Å². The van der Waals surface area contributed by atoms with Gasteiger partial charge in [0.1, 0.15) is 34.5 Å². The molecule has 0 amide bonds. The average molecular weight is 503 g/mol. The van der Waals surface area contributed by atoms with E-state index < -0.39 is 11.8 Å². The van der Waals surface area contributed by atoms with Gasteiger partial charge in [0.05, 0.1) is 29.9 Å². The van der Waals surface area contributed by atoms with E-state index in [2.05, 4.69) is 20.8 Å². The van der Waals surface area contributed by atoms with E-state index in [1.165, 1.54) is 12.3 Å². The maximum atomic E-state index is 11.7. The molecule has 0 aliphatic heterocycles. The van der Waals surface area contributed by atoms with Gasteiger partial charge in [0.15, 0.2) is 0 Å². The van der Waals surface area contributed by atoms with E-state index in [1.807, 2.05) is 19.9 Å². The fourth-order valence-corrected chi connectivity index (χ4v) is 5.96. The van der Waals surface area contributed by atoms with Crippen LogP contribution < -0.4 is 0 Å². The van der Waals surface area contributed by atoms with E-state index in [0.29, 0.717) is 22.6 Å². The van der Waals surface area contributed by atoms with Crippen molar-refractivity contribution in [1.82, 2.24) is 0 Å². The first-order valence-electron chi connectivity index (χ1n) is 12.6. The van der Waals surface area contributed by atoms with Crippen molar-refractivity contribution in [3.8, 4) is 23.0 Å². The van der Waals surface area contributed by atoms with Crippen LogP contribution in [0.3, 0.4) is 0 Å². The lowest BCUT2D eigenvalue weighted by Crippen LogP contribution is -2.13. The lowest BCUT2D eigenvalue weighted by atomic mass is 9.79. The zero-order valence-corrected chi connectivity index (χ0v) is 21.8. The summed E-state index contributed by atoms with van der Waals surface area (Å²) in [5.41, 5.74) is 1.46. The summed E-state index contributed by atoms with van der Waals surface area (Å²) in [6.45, 7) is 10.4. The molecule has 1 saturated carbocycles. The molecule has 4 N–H and O–H groups in total. The topological polar surface area (TPSA) is 107 Å². The second kappa shape index (κ2) is 8.65. The van der Waals surface area contributed by atoms with Gasteiger partial charge in [0.2, 0.25) is 0 Å².